The summed E-state index contributed by atoms with van der Waals surface area (Å²) in [6, 6.07) is 5.66. The van der Waals surface area contributed by atoms with Crippen molar-refractivity contribution in [2.75, 3.05) is 31.2 Å². The highest BCUT2D eigenvalue weighted by atomic mass is 35.5. The van der Waals surface area contributed by atoms with Crippen LogP contribution in [-0.2, 0) is 4.74 Å². The fourth-order valence-corrected chi connectivity index (χ4v) is 2.30. The molecule has 0 aromatic heterocycles. The van der Waals surface area contributed by atoms with Crippen molar-refractivity contribution in [2.45, 2.75) is 6.42 Å². The van der Waals surface area contributed by atoms with Gasteiger partial charge in [0.15, 0.2) is 0 Å². The van der Waals surface area contributed by atoms with Crippen molar-refractivity contribution >= 4 is 34.5 Å². The van der Waals surface area contributed by atoms with E-state index in [9.17, 15) is 0 Å². The lowest BCUT2D eigenvalue weighted by molar-refractivity contribution is 0.152. The van der Waals surface area contributed by atoms with Crippen LogP contribution in [0.15, 0.2) is 18.2 Å². The van der Waals surface area contributed by atoms with Crippen molar-refractivity contribution in [1.82, 2.24) is 0 Å². The number of hydrogen-bond donors (Lipinski definition) is 1. The molecule has 17 heavy (non-hydrogen) atoms. The molecule has 0 saturated carbocycles. The minimum absolute atomic E-state index is 0.382. The molecule has 2 N–H and O–H groups in total. The van der Waals surface area contributed by atoms with E-state index in [0.717, 1.165) is 44.0 Å². The van der Waals surface area contributed by atoms with Crippen molar-refractivity contribution in [3.8, 4) is 0 Å². The van der Waals surface area contributed by atoms with Crippen LogP contribution in [0.25, 0.3) is 0 Å². The first-order chi connectivity index (χ1) is 8.18. The monoisotopic (exact) mass is 270 g/mol. The zero-order chi connectivity index (χ0) is 12.3. The second-order valence-corrected chi connectivity index (χ2v) is 4.85. The molecule has 5 heteroatoms. The number of nitrogens with two attached hydrogens (primary N) is 1. The van der Waals surface area contributed by atoms with Crippen molar-refractivity contribution in [2.24, 2.45) is 5.73 Å². The molecule has 1 saturated heterocycles. The van der Waals surface area contributed by atoms with Gasteiger partial charge < -0.3 is 15.4 Å². The Labute approximate surface area is 111 Å². The Bertz CT molecular complexity index is 417. The molecule has 0 bridgehead atoms. The molecule has 1 fully saturated rings. The maximum absolute atomic E-state index is 5.97. The number of halogens is 1. The molecular formula is C12H15ClN2OS. The van der Waals surface area contributed by atoms with E-state index in [2.05, 4.69) is 4.90 Å². The van der Waals surface area contributed by atoms with Crippen LogP contribution in [0.3, 0.4) is 0 Å². The zero-order valence-corrected chi connectivity index (χ0v) is 11.1. The number of nitrogens with zero attached hydrogens (tertiary/aromatic N) is 1. The molecule has 1 aliphatic heterocycles. The molecule has 0 atom stereocenters. The van der Waals surface area contributed by atoms with Crippen LogP contribution >= 0.6 is 23.8 Å². The molecule has 1 aliphatic rings. The average molecular weight is 271 g/mol. The molecule has 0 aliphatic carbocycles. The summed E-state index contributed by atoms with van der Waals surface area (Å²) in [6.45, 7) is 3.36. The molecule has 1 aromatic rings. The van der Waals surface area contributed by atoms with Gasteiger partial charge in [0, 0.05) is 36.0 Å². The van der Waals surface area contributed by atoms with E-state index < -0.39 is 0 Å². The summed E-state index contributed by atoms with van der Waals surface area (Å²) < 4.78 is 5.44. The van der Waals surface area contributed by atoms with Gasteiger partial charge in [-0.05, 0) is 24.6 Å². The van der Waals surface area contributed by atoms with Gasteiger partial charge in [-0.1, -0.05) is 23.8 Å². The minimum atomic E-state index is 0.382. The van der Waals surface area contributed by atoms with Crippen LogP contribution in [0.5, 0.6) is 0 Å². The number of anilines is 1. The third-order valence-electron chi connectivity index (χ3n) is 2.79. The Kier molecular flexibility index (Phi) is 4.20. The highest BCUT2D eigenvalue weighted by molar-refractivity contribution is 7.80. The number of benzene rings is 1. The molecule has 0 spiro atoms. The van der Waals surface area contributed by atoms with E-state index >= 15 is 0 Å². The first kappa shape index (κ1) is 12.6. The molecule has 0 unspecified atom stereocenters. The lowest BCUT2D eigenvalue weighted by Gasteiger charge is -2.24. The molecule has 1 heterocycles. The minimum Gasteiger partial charge on any atom is -0.389 e. The summed E-state index contributed by atoms with van der Waals surface area (Å²) in [6.07, 6.45) is 1.01. The quantitative estimate of drug-likeness (QED) is 0.837. The van der Waals surface area contributed by atoms with Gasteiger partial charge in [-0.2, -0.15) is 0 Å². The van der Waals surface area contributed by atoms with Crippen molar-refractivity contribution in [3.63, 3.8) is 0 Å². The summed E-state index contributed by atoms with van der Waals surface area (Å²) in [5.41, 5.74) is 7.63. The second kappa shape index (κ2) is 5.67. The lowest BCUT2D eigenvalue weighted by Crippen LogP contribution is -2.28. The van der Waals surface area contributed by atoms with Crippen LogP contribution in [0.2, 0.25) is 5.02 Å². The predicted octanol–water partition coefficient (Wildman–Crippen LogP) is 2.20. The van der Waals surface area contributed by atoms with E-state index in [4.69, 9.17) is 34.3 Å². The maximum Gasteiger partial charge on any atom is 0.106 e. The lowest BCUT2D eigenvalue weighted by atomic mass is 10.1. The maximum atomic E-state index is 5.97. The van der Waals surface area contributed by atoms with E-state index in [1.165, 1.54) is 0 Å². The Hall–Kier alpha value is -0.840. The van der Waals surface area contributed by atoms with E-state index in [-0.39, 0.29) is 0 Å². The van der Waals surface area contributed by atoms with Crippen molar-refractivity contribution in [3.05, 3.63) is 28.8 Å². The van der Waals surface area contributed by atoms with Gasteiger partial charge in [-0.3, -0.25) is 0 Å². The van der Waals surface area contributed by atoms with Gasteiger partial charge in [0.25, 0.3) is 0 Å². The van der Waals surface area contributed by atoms with Gasteiger partial charge in [0.1, 0.15) is 4.99 Å². The molecular weight excluding hydrogens is 256 g/mol. The third kappa shape index (κ3) is 3.09. The van der Waals surface area contributed by atoms with Crippen LogP contribution in [0, 0.1) is 0 Å². The SMILES string of the molecule is NC(=S)c1cc(Cl)ccc1N1CCCOCC1. The van der Waals surface area contributed by atoms with Crippen molar-refractivity contribution < 1.29 is 4.74 Å². The summed E-state index contributed by atoms with van der Waals surface area (Å²) >= 11 is 11.0. The summed E-state index contributed by atoms with van der Waals surface area (Å²) in [7, 11) is 0. The van der Waals surface area contributed by atoms with E-state index in [1.807, 2.05) is 18.2 Å². The zero-order valence-electron chi connectivity index (χ0n) is 9.49. The van der Waals surface area contributed by atoms with Gasteiger partial charge >= 0.3 is 0 Å². The van der Waals surface area contributed by atoms with Crippen molar-refractivity contribution in [1.29, 1.82) is 0 Å². The van der Waals surface area contributed by atoms with E-state index in [0.29, 0.717) is 10.0 Å². The Morgan fingerprint density at radius 3 is 2.94 bits per heavy atom. The topological polar surface area (TPSA) is 38.5 Å². The van der Waals surface area contributed by atoms with Gasteiger partial charge in [0.05, 0.1) is 6.61 Å². The van der Waals surface area contributed by atoms with E-state index in [1.54, 1.807) is 0 Å². The highest BCUT2D eigenvalue weighted by Gasteiger charge is 2.15. The van der Waals surface area contributed by atoms with Gasteiger partial charge in [-0.25, -0.2) is 0 Å². The summed E-state index contributed by atoms with van der Waals surface area (Å²) in [5.74, 6) is 0. The third-order valence-corrected chi connectivity index (χ3v) is 3.24. The number of ether oxygens (including phenoxy) is 1. The number of rotatable bonds is 2. The van der Waals surface area contributed by atoms with Crippen LogP contribution in [0.4, 0.5) is 5.69 Å². The number of hydrogen-bond acceptors (Lipinski definition) is 3. The Morgan fingerprint density at radius 2 is 2.18 bits per heavy atom. The molecule has 92 valence electrons. The van der Waals surface area contributed by atoms with Crippen LogP contribution in [0.1, 0.15) is 12.0 Å². The summed E-state index contributed by atoms with van der Waals surface area (Å²) in [5, 5.41) is 0.655. The first-order valence-electron chi connectivity index (χ1n) is 5.60. The summed E-state index contributed by atoms with van der Waals surface area (Å²) in [4.78, 5) is 2.63. The second-order valence-electron chi connectivity index (χ2n) is 3.98. The molecule has 2 rings (SSSR count). The molecule has 0 amide bonds. The van der Waals surface area contributed by atoms with Crippen LogP contribution in [-0.4, -0.2) is 31.3 Å². The fraction of sp³-hybridized carbons (Fsp3) is 0.417. The fourth-order valence-electron chi connectivity index (χ4n) is 1.97. The Morgan fingerprint density at radius 1 is 1.35 bits per heavy atom. The molecule has 0 radical (unpaired) electrons. The average Bonchev–Trinajstić information content (AvgIpc) is 2.57. The number of thiocarbonyl (C=S) groups is 1. The first-order valence-corrected chi connectivity index (χ1v) is 6.39. The van der Waals surface area contributed by atoms with Gasteiger partial charge in [0.2, 0.25) is 0 Å². The van der Waals surface area contributed by atoms with Crippen LogP contribution < -0.4 is 10.6 Å². The van der Waals surface area contributed by atoms with Gasteiger partial charge in [-0.15, -0.1) is 0 Å². The Balaban J connectivity index is 2.32. The standard InChI is InChI=1S/C12H15ClN2OS/c13-9-2-3-11(10(8-9)12(14)17)15-4-1-6-16-7-5-15/h2-3,8H,1,4-7H2,(H2,14,17). The predicted molar refractivity (Wildman–Crippen MR) is 75.0 cm³/mol. The molecule has 1 aromatic carbocycles. The largest absolute Gasteiger partial charge is 0.389 e. The normalized spacial score (nSPS) is 16.6. The molecule has 3 nitrogen and oxygen atoms in total. The smallest absolute Gasteiger partial charge is 0.106 e. The highest BCUT2D eigenvalue weighted by Crippen LogP contribution is 2.25.